The van der Waals surface area contributed by atoms with Gasteiger partial charge in [-0.1, -0.05) is 0 Å². The molecule has 0 rings (SSSR count). The first-order chi connectivity index (χ1) is 7.36. The van der Waals surface area contributed by atoms with Crippen LogP contribution in [0.4, 0.5) is 0 Å². The van der Waals surface area contributed by atoms with E-state index in [9.17, 15) is 4.79 Å². The van der Waals surface area contributed by atoms with Crippen molar-refractivity contribution >= 4 is 5.78 Å². The summed E-state index contributed by atoms with van der Waals surface area (Å²) in [6.45, 7) is 13.6. The largest absolute Gasteiger partial charge is 0.294 e. The highest BCUT2D eigenvalue weighted by Crippen LogP contribution is 2.22. The molecule has 5 heteroatoms. The Labute approximate surface area is 103 Å². The highest BCUT2D eigenvalue weighted by atomic mass is 17.3. The predicted octanol–water partition coefficient (Wildman–Crippen LogP) is 2.79. The molecule has 0 aliphatic carbocycles. The Morgan fingerprint density at radius 3 is 1.18 bits per heavy atom. The number of hydrogen-bond donors (Lipinski definition) is 0. The maximum atomic E-state index is 11.5. The maximum Gasteiger partial charge on any atom is 0.288 e. The van der Waals surface area contributed by atoms with Gasteiger partial charge in [-0.3, -0.25) is 4.79 Å². The quantitative estimate of drug-likeness (QED) is 0.425. The Morgan fingerprint density at radius 2 is 1.00 bits per heavy atom. The van der Waals surface area contributed by atoms with Crippen molar-refractivity contribution in [1.82, 2.24) is 0 Å². The van der Waals surface area contributed by atoms with Crippen LogP contribution in [0.2, 0.25) is 0 Å². The summed E-state index contributed by atoms with van der Waals surface area (Å²) in [4.78, 5) is 31.8. The Hall–Kier alpha value is -0.490. The number of ketones is 1. The van der Waals surface area contributed by atoms with E-state index < -0.39 is 17.0 Å². The monoisotopic (exact) mass is 248 g/mol. The Morgan fingerprint density at radius 1 is 0.706 bits per heavy atom. The first-order valence-corrected chi connectivity index (χ1v) is 5.60. The minimum absolute atomic E-state index is 0.342. The normalized spacial score (nSPS) is 13.9. The van der Waals surface area contributed by atoms with Crippen LogP contribution in [0.1, 0.15) is 55.4 Å². The van der Waals surface area contributed by atoms with Crippen LogP contribution in [0.5, 0.6) is 0 Å². The van der Waals surface area contributed by atoms with Crippen molar-refractivity contribution in [3.05, 3.63) is 0 Å². The lowest BCUT2D eigenvalue weighted by atomic mass is 10.2. The van der Waals surface area contributed by atoms with E-state index in [4.69, 9.17) is 19.6 Å². The molecule has 5 nitrogen and oxygen atoms in total. The van der Waals surface area contributed by atoms with Crippen LogP contribution < -0.4 is 0 Å². The van der Waals surface area contributed by atoms with Crippen molar-refractivity contribution < 1.29 is 24.3 Å². The van der Waals surface area contributed by atoms with Gasteiger partial charge in [-0.25, -0.2) is 9.78 Å². The number of carbonyl (C=O) groups is 1. The molecular formula is C12H24O5. The van der Waals surface area contributed by atoms with Crippen molar-refractivity contribution in [3.8, 4) is 0 Å². The predicted molar refractivity (Wildman–Crippen MR) is 62.9 cm³/mol. The number of hydrogen-bond acceptors (Lipinski definition) is 5. The lowest BCUT2D eigenvalue weighted by molar-refractivity contribution is -0.519. The molecule has 0 fully saturated rings. The molecule has 0 atom stereocenters. The minimum atomic E-state index is -1.57. The summed E-state index contributed by atoms with van der Waals surface area (Å²) < 4.78 is 0. The zero-order chi connectivity index (χ0) is 13.9. The third kappa shape index (κ3) is 7.44. The van der Waals surface area contributed by atoms with Gasteiger partial charge >= 0.3 is 0 Å². The molecule has 0 amide bonds. The third-order valence-corrected chi connectivity index (χ3v) is 1.54. The second-order valence-electron chi connectivity index (χ2n) is 6.06. The average Bonchev–Trinajstić information content (AvgIpc) is 2.09. The lowest BCUT2D eigenvalue weighted by Gasteiger charge is -2.30. The molecule has 0 radical (unpaired) electrons. The summed E-state index contributed by atoms with van der Waals surface area (Å²) in [6, 6.07) is 0. The second-order valence-corrected chi connectivity index (χ2v) is 6.06. The summed E-state index contributed by atoms with van der Waals surface area (Å²) in [7, 11) is 0. The van der Waals surface area contributed by atoms with Gasteiger partial charge in [0.05, 0.1) is 11.2 Å². The van der Waals surface area contributed by atoms with Gasteiger partial charge in [-0.05, 0) is 41.5 Å². The summed E-state index contributed by atoms with van der Waals surface area (Å²) in [6.07, 6.45) is 0. The highest BCUT2D eigenvalue weighted by Gasteiger charge is 2.38. The topological polar surface area (TPSA) is 54.0 Å². The molecule has 0 saturated carbocycles. The van der Waals surface area contributed by atoms with E-state index in [0.717, 1.165) is 0 Å². The summed E-state index contributed by atoms with van der Waals surface area (Å²) >= 11 is 0. The summed E-state index contributed by atoms with van der Waals surface area (Å²) in [5, 5.41) is 0. The fourth-order valence-electron chi connectivity index (χ4n) is 0.540. The molecule has 0 unspecified atom stereocenters. The molecule has 0 aromatic rings. The second kappa shape index (κ2) is 5.44. The van der Waals surface area contributed by atoms with Crippen LogP contribution in [0.25, 0.3) is 0 Å². The van der Waals surface area contributed by atoms with Crippen LogP contribution in [0.3, 0.4) is 0 Å². The van der Waals surface area contributed by atoms with Gasteiger partial charge in [0.1, 0.15) is 0 Å². The van der Waals surface area contributed by atoms with E-state index in [2.05, 4.69) is 0 Å². The van der Waals surface area contributed by atoms with Crippen LogP contribution in [-0.4, -0.2) is 22.8 Å². The molecule has 17 heavy (non-hydrogen) atoms. The Balaban J connectivity index is 4.53. The molecule has 0 saturated heterocycles. The number of carbonyl (C=O) groups excluding carboxylic acids is 1. The van der Waals surface area contributed by atoms with Gasteiger partial charge in [0.25, 0.3) is 5.79 Å². The van der Waals surface area contributed by atoms with E-state index in [0.29, 0.717) is 0 Å². The van der Waals surface area contributed by atoms with Crippen molar-refractivity contribution in [2.45, 2.75) is 72.4 Å². The summed E-state index contributed by atoms with van der Waals surface area (Å²) in [5.74, 6) is -1.91. The first kappa shape index (κ1) is 16.5. The molecule has 102 valence electrons. The standard InChI is InChI=1S/C12H24O5/c1-9(13)12(8,16-14-10(2,3)4)17-15-11(5,6)7/h1-8H3. The molecular weight excluding hydrogens is 224 g/mol. The van der Waals surface area contributed by atoms with Gasteiger partial charge in [0.2, 0.25) is 0 Å². The Kier molecular flexibility index (Phi) is 5.28. The van der Waals surface area contributed by atoms with Crippen molar-refractivity contribution in [2.24, 2.45) is 0 Å². The van der Waals surface area contributed by atoms with Crippen molar-refractivity contribution in [1.29, 1.82) is 0 Å². The minimum Gasteiger partial charge on any atom is -0.294 e. The zero-order valence-electron chi connectivity index (χ0n) is 12.0. The van der Waals surface area contributed by atoms with E-state index in [1.807, 2.05) is 0 Å². The van der Waals surface area contributed by atoms with E-state index >= 15 is 0 Å². The van der Waals surface area contributed by atoms with E-state index in [1.165, 1.54) is 13.8 Å². The molecule has 0 heterocycles. The van der Waals surface area contributed by atoms with Gasteiger partial charge in [0, 0.05) is 13.8 Å². The number of Topliss-reactive ketones (excluding diaryl/α,β-unsaturated/α-hetero) is 1. The van der Waals surface area contributed by atoms with E-state index in [1.54, 1.807) is 41.5 Å². The van der Waals surface area contributed by atoms with E-state index in [-0.39, 0.29) is 5.78 Å². The molecule has 0 N–H and O–H groups in total. The van der Waals surface area contributed by atoms with Gasteiger partial charge in [0.15, 0.2) is 5.78 Å². The van der Waals surface area contributed by atoms with Gasteiger partial charge in [-0.2, -0.15) is 9.78 Å². The molecule has 0 aliphatic heterocycles. The Bertz CT molecular complexity index is 241. The SMILES string of the molecule is CC(=O)C(C)(OOC(C)(C)C)OOC(C)(C)C. The van der Waals surface area contributed by atoms with Gasteiger partial charge < -0.3 is 0 Å². The third-order valence-electron chi connectivity index (χ3n) is 1.54. The average molecular weight is 248 g/mol. The lowest BCUT2D eigenvalue weighted by Crippen LogP contribution is -2.43. The van der Waals surface area contributed by atoms with Crippen LogP contribution in [-0.2, 0) is 24.3 Å². The van der Waals surface area contributed by atoms with Crippen molar-refractivity contribution in [3.63, 3.8) is 0 Å². The molecule has 0 aromatic heterocycles. The molecule has 0 bridgehead atoms. The molecule has 0 spiro atoms. The summed E-state index contributed by atoms with van der Waals surface area (Å²) in [5.41, 5.74) is -1.08. The fourth-order valence-corrected chi connectivity index (χ4v) is 0.540. The fraction of sp³-hybridized carbons (Fsp3) is 0.917. The van der Waals surface area contributed by atoms with Crippen LogP contribution in [0.15, 0.2) is 0 Å². The zero-order valence-corrected chi connectivity index (χ0v) is 12.0. The smallest absolute Gasteiger partial charge is 0.288 e. The maximum absolute atomic E-state index is 11.5. The molecule has 0 aromatic carbocycles. The van der Waals surface area contributed by atoms with Crippen molar-refractivity contribution in [2.75, 3.05) is 0 Å². The number of rotatable bonds is 5. The van der Waals surface area contributed by atoms with Crippen LogP contribution in [0, 0.1) is 0 Å². The first-order valence-electron chi connectivity index (χ1n) is 5.60. The van der Waals surface area contributed by atoms with Crippen LogP contribution >= 0.6 is 0 Å². The highest BCUT2D eigenvalue weighted by molar-refractivity contribution is 5.82. The van der Waals surface area contributed by atoms with Gasteiger partial charge in [-0.15, -0.1) is 0 Å². The molecule has 0 aliphatic rings.